The first-order chi connectivity index (χ1) is 18.5. The minimum Gasteiger partial charge on any atom is -0.379 e. The van der Waals surface area contributed by atoms with Gasteiger partial charge in [0, 0.05) is 26.2 Å². The highest BCUT2D eigenvalue weighted by atomic mass is 35.5. The Morgan fingerprint density at radius 3 is 2.36 bits per heavy atom. The van der Waals surface area contributed by atoms with E-state index in [0.29, 0.717) is 23.6 Å². The van der Waals surface area contributed by atoms with E-state index < -0.39 is 39.2 Å². The van der Waals surface area contributed by atoms with E-state index >= 15 is 0 Å². The van der Waals surface area contributed by atoms with Crippen molar-refractivity contribution in [1.82, 2.24) is 10.2 Å². The Morgan fingerprint density at radius 1 is 0.974 bits per heavy atom. The van der Waals surface area contributed by atoms with Gasteiger partial charge in [0.1, 0.15) is 6.54 Å². The number of alkyl halides is 3. The molecule has 4 rings (SSSR count). The van der Waals surface area contributed by atoms with Crippen LogP contribution in [-0.4, -0.2) is 52.1 Å². The Labute approximate surface area is 230 Å². The maximum atomic E-state index is 13.5. The standard InChI is InChI=1S/C27H27ClF3N3O4S/c28-25-10-9-22(16-24(25)27(29,30)31)34(39(36,37)23-7-2-1-3-8-23)19-26(35)32-17-20-5-4-6-21(15-20)18-33-11-13-38-14-12-33/h1-10,15-16H,11-14,17-19H2,(H,32,35). The minimum absolute atomic E-state index is 0.115. The highest BCUT2D eigenvalue weighted by Crippen LogP contribution is 2.38. The molecule has 1 amide bonds. The molecule has 0 radical (unpaired) electrons. The first kappa shape index (κ1) is 28.9. The third-order valence-corrected chi connectivity index (χ3v) is 8.27. The third-order valence-electron chi connectivity index (χ3n) is 6.15. The number of nitrogens with one attached hydrogen (secondary N) is 1. The van der Waals surface area contributed by atoms with Crippen molar-refractivity contribution in [2.45, 2.75) is 24.2 Å². The summed E-state index contributed by atoms with van der Waals surface area (Å²) in [5.41, 5.74) is 0.320. The maximum absolute atomic E-state index is 13.5. The lowest BCUT2D eigenvalue weighted by atomic mass is 10.1. The molecule has 3 aromatic rings. The molecule has 1 aliphatic heterocycles. The minimum atomic E-state index is -4.82. The Kier molecular flexibility index (Phi) is 9.16. The Morgan fingerprint density at radius 2 is 1.67 bits per heavy atom. The van der Waals surface area contributed by atoms with Crippen molar-refractivity contribution in [1.29, 1.82) is 0 Å². The van der Waals surface area contributed by atoms with Crippen LogP contribution in [0.1, 0.15) is 16.7 Å². The number of carbonyl (C=O) groups excluding carboxylic acids is 1. The van der Waals surface area contributed by atoms with Gasteiger partial charge in [-0.05, 0) is 41.5 Å². The number of hydrogen-bond donors (Lipinski definition) is 1. The summed E-state index contributed by atoms with van der Waals surface area (Å²) in [6, 6.07) is 17.5. The fourth-order valence-corrected chi connectivity index (χ4v) is 5.82. The Balaban J connectivity index is 1.53. The van der Waals surface area contributed by atoms with Crippen LogP contribution in [0.4, 0.5) is 18.9 Å². The number of nitrogens with zero attached hydrogens (tertiary/aromatic N) is 2. The number of sulfonamides is 1. The number of morpholine rings is 1. The van der Waals surface area contributed by atoms with Crippen molar-refractivity contribution in [2.75, 3.05) is 37.2 Å². The van der Waals surface area contributed by atoms with E-state index in [4.69, 9.17) is 16.3 Å². The van der Waals surface area contributed by atoms with Crippen molar-refractivity contribution in [3.63, 3.8) is 0 Å². The summed E-state index contributed by atoms with van der Waals surface area (Å²) in [6.07, 6.45) is -4.82. The average Bonchev–Trinajstić information content (AvgIpc) is 2.91. The van der Waals surface area contributed by atoms with Crippen LogP contribution in [0, 0.1) is 0 Å². The number of benzene rings is 3. The fourth-order valence-electron chi connectivity index (χ4n) is 4.16. The quantitative estimate of drug-likeness (QED) is 0.396. The number of halogens is 4. The summed E-state index contributed by atoms with van der Waals surface area (Å²) in [4.78, 5) is 15.0. The number of anilines is 1. The van der Waals surface area contributed by atoms with Gasteiger partial charge in [-0.1, -0.05) is 54.1 Å². The highest BCUT2D eigenvalue weighted by molar-refractivity contribution is 7.92. The molecule has 0 atom stereocenters. The first-order valence-electron chi connectivity index (χ1n) is 12.1. The van der Waals surface area contributed by atoms with E-state index in [1.165, 1.54) is 24.3 Å². The van der Waals surface area contributed by atoms with E-state index in [2.05, 4.69) is 10.2 Å². The largest absolute Gasteiger partial charge is 0.417 e. The zero-order valence-corrected chi connectivity index (χ0v) is 22.4. The molecule has 0 unspecified atom stereocenters. The summed E-state index contributed by atoms with van der Waals surface area (Å²) in [5.74, 6) is -0.684. The molecule has 1 N–H and O–H groups in total. The molecule has 3 aromatic carbocycles. The monoisotopic (exact) mass is 581 g/mol. The smallest absolute Gasteiger partial charge is 0.379 e. The summed E-state index contributed by atoms with van der Waals surface area (Å²) >= 11 is 5.74. The van der Waals surface area contributed by atoms with Gasteiger partial charge in [-0.3, -0.25) is 14.0 Å². The fraction of sp³-hybridized carbons (Fsp3) is 0.296. The Bertz CT molecular complexity index is 1400. The van der Waals surface area contributed by atoms with Crippen molar-refractivity contribution >= 4 is 33.2 Å². The molecule has 7 nitrogen and oxygen atoms in total. The number of carbonyl (C=O) groups is 1. The third kappa shape index (κ3) is 7.51. The Hall–Kier alpha value is -3.12. The molecule has 12 heteroatoms. The van der Waals surface area contributed by atoms with Crippen LogP contribution in [0.2, 0.25) is 5.02 Å². The molecule has 1 aliphatic rings. The van der Waals surface area contributed by atoms with Crippen LogP contribution < -0.4 is 9.62 Å². The molecule has 0 spiro atoms. The van der Waals surface area contributed by atoms with Crippen LogP contribution in [0.25, 0.3) is 0 Å². The maximum Gasteiger partial charge on any atom is 0.417 e. The van der Waals surface area contributed by atoms with Gasteiger partial charge >= 0.3 is 6.18 Å². The van der Waals surface area contributed by atoms with Gasteiger partial charge in [0.05, 0.1) is 34.4 Å². The normalized spacial score (nSPS) is 14.7. The summed E-state index contributed by atoms with van der Waals surface area (Å²) in [6.45, 7) is 3.12. The van der Waals surface area contributed by atoms with Gasteiger partial charge in [-0.25, -0.2) is 8.42 Å². The summed E-state index contributed by atoms with van der Waals surface area (Å²) in [5, 5.41) is 2.10. The SMILES string of the molecule is O=C(CN(c1ccc(Cl)c(C(F)(F)F)c1)S(=O)(=O)c1ccccc1)NCc1cccc(CN2CCOCC2)c1. The van der Waals surface area contributed by atoms with E-state index in [0.717, 1.165) is 42.9 Å². The zero-order valence-electron chi connectivity index (χ0n) is 20.8. The van der Waals surface area contributed by atoms with E-state index in [1.807, 2.05) is 24.3 Å². The second-order valence-corrected chi connectivity index (χ2v) is 11.2. The van der Waals surface area contributed by atoms with Crippen LogP contribution in [0.5, 0.6) is 0 Å². The van der Waals surface area contributed by atoms with Crippen molar-refractivity contribution < 1.29 is 31.1 Å². The average molecular weight is 582 g/mol. The van der Waals surface area contributed by atoms with E-state index in [9.17, 15) is 26.4 Å². The molecule has 0 aliphatic carbocycles. The molecule has 0 bridgehead atoms. The molecular weight excluding hydrogens is 555 g/mol. The first-order valence-corrected chi connectivity index (χ1v) is 13.9. The molecule has 1 heterocycles. The van der Waals surface area contributed by atoms with Crippen molar-refractivity contribution in [3.05, 3.63) is 94.5 Å². The van der Waals surface area contributed by atoms with Gasteiger partial charge in [-0.15, -0.1) is 0 Å². The number of rotatable bonds is 9. The van der Waals surface area contributed by atoms with Gasteiger partial charge in [-0.2, -0.15) is 13.2 Å². The van der Waals surface area contributed by atoms with Crippen molar-refractivity contribution in [3.8, 4) is 0 Å². The van der Waals surface area contributed by atoms with Gasteiger partial charge in [0.2, 0.25) is 5.91 Å². The van der Waals surface area contributed by atoms with E-state index in [1.54, 1.807) is 6.07 Å². The summed E-state index contributed by atoms with van der Waals surface area (Å²) in [7, 11) is -4.38. The number of hydrogen-bond acceptors (Lipinski definition) is 5. The predicted octanol–water partition coefficient (Wildman–Crippen LogP) is 4.70. The lowest BCUT2D eigenvalue weighted by molar-refractivity contribution is -0.137. The lowest BCUT2D eigenvalue weighted by Crippen LogP contribution is -2.40. The van der Waals surface area contributed by atoms with E-state index in [-0.39, 0.29) is 17.1 Å². The highest BCUT2D eigenvalue weighted by Gasteiger charge is 2.35. The lowest BCUT2D eigenvalue weighted by Gasteiger charge is -2.26. The van der Waals surface area contributed by atoms with Crippen LogP contribution in [0.3, 0.4) is 0 Å². The number of amides is 1. The second-order valence-electron chi connectivity index (χ2n) is 8.97. The molecule has 1 saturated heterocycles. The molecule has 0 saturated carbocycles. The van der Waals surface area contributed by atoms with Crippen LogP contribution in [0.15, 0.2) is 77.7 Å². The van der Waals surface area contributed by atoms with Gasteiger partial charge < -0.3 is 10.1 Å². The molecule has 208 valence electrons. The van der Waals surface area contributed by atoms with Crippen LogP contribution in [-0.2, 0) is 38.8 Å². The molecule has 39 heavy (non-hydrogen) atoms. The topological polar surface area (TPSA) is 79.0 Å². The summed E-state index contributed by atoms with van der Waals surface area (Å²) < 4.78 is 73.5. The second kappa shape index (κ2) is 12.4. The van der Waals surface area contributed by atoms with Gasteiger partial charge in [0.15, 0.2) is 0 Å². The zero-order chi connectivity index (χ0) is 28.0. The molecular formula is C27H27ClF3N3O4S. The van der Waals surface area contributed by atoms with Gasteiger partial charge in [0.25, 0.3) is 10.0 Å². The molecule has 0 aromatic heterocycles. The predicted molar refractivity (Wildman–Crippen MR) is 142 cm³/mol. The van der Waals surface area contributed by atoms with Crippen molar-refractivity contribution in [2.24, 2.45) is 0 Å². The number of ether oxygens (including phenoxy) is 1. The van der Waals surface area contributed by atoms with Crippen LogP contribution >= 0.6 is 11.6 Å². The molecule has 1 fully saturated rings.